The molecule has 3 rings (SSSR count). The standard InChI is InChI=1S/C18H20N2O6S/c21-15-10-14(26-12-16(15)22)11-19-18(23)17(13-4-2-1-3-5-13)20-6-8-27(24,25)9-7-20/h1-5,10,12,17,22H,6-9,11H2,(H,19,23). The van der Waals surface area contributed by atoms with Crippen LogP contribution in [-0.2, 0) is 21.2 Å². The number of rotatable bonds is 5. The van der Waals surface area contributed by atoms with Gasteiger partial charge in [0.2, 0.25) is 11.3 Å². The van der Waals surface area contributed by atoms with Gasteiger partial charge in [0.15, 0.2) is 15.6 Å². The van der Waals surface area contributed by atoms with Gasteiger partial charge >= 0.3 is 0 Å². The number of hydrogen-bond donors (Lipinski definition) is 2. The number of nitrogens with zero attached hydrogens (tertiary/aromatic N) is 1. The zero-order valence-electron chi connectivity index (χ0n) is 14.5. The van der Waals surface area contributed by atoms with Crippen molar-refractivity contribution in [2.24, 2.45) is 0 Å². The summed E-state index contributed by atoms with van der Waals surface area (Å²) in [7, 11) is -3.07. The van der Waals surface area contributed by atoms with Crippen LogP contribution in [0.3, 0.4) is 0 Å². The number of sulfone groups is 1. The van der Waals surface area contributed by atoms with Crippen molar-refractivity contribution in [1.82, 2.24) is 10.2 Å². The molecule has 0 radical (unpaired) electrons. The lowest BCUT2D eigenvalue weighted by Crippen LogP contribution is -2.47. The van der Waals surface area contributed by atoms with E-state index in [1.165, 1.54) is 0 Å². The van der Waals surface area contributed by atoms with E-state index >= 15 is 0 Å². The molecule has 1 aliphatic heterocycles. The highest BCUT2D eigenvalue weighted by molar-refractivity contribution is 7.91. The molecule has 1 atom stereocenters. The lowest BCUT2D eigenvalue weighted by Gasteiger charge is -2.33. The van der Waals surface area contributed by atoms with E-state index < -0.39 is 27.1 Å². The molecule has 1 fully saturated rings. The maximum absolute atomic E-state index is 12.9. The monoisotopic (exact) mass is 392 g/mol. The van der Waals surface area contributed by atoms with Gasteiger partial charge in [-0.2, -0.15) is 0 Å². The summed E-state index contributed by atoms with van der Waals surface area (Å²) in [5.74, 6) is -0.593. The molecule has 1 unspecified atom stereocenters. The second-order valence-electron chi connectivity index (χ2n) is 6.31. The Morgan fingerprint density at radius 2 is 1.89 bits per heavy atom. The molecule has 2 N–H and O–H groups in total. The maximum Gasteiger partial charge on any atom is 0.242 e. The number of benzene rings is 1. The van der Waals surface area contributed by atoms with E-state index in [9.17, 15) is 23.1 Å². The van der Waals surface area contributed by atoms with Gasteiger partial charge in [0, 0.05) is 19.2 Å². The van der Waals surface area contributed by atoms with E-state index in [2.05, 4.69) is 5.32 Å². The van der Waals surface area contributed by atoms with Crippen LogP contribution in [0.5, 0.6) is 5.75 Å². The van der Waals surface area contributed by atoms with Gasteiger partial charge in [0.1, 0.15) is 18.1 Å². The molecule has 2 aromatic rings. The van der Waals surface area contributed by atoms with Crippen molar-refractivity contribution in [3.05, 3.63) is 64.2 Å². The summed E-state index contributed by atoms with van der Waals surface area (Å²) < 4.78 is 28.5. The highest BCUT2D eigenvalue weighted by atomic mass is 32.2. The van der Waals surface area contributed by atoms with Gasteiger partial charge in [-0.25, -0.2) is 8.42 Å². The molecule has 9 heteroatoms. The van der Waals surface area contributed by atoms with Crippen molar-refractivity contribution in [3.63, 3.8) is 0 Å². The van der Waals surface area contributed by atoms with Crippen LogP contribution in [0.4, 0.5) is 0 Å². The topological polar surface area (TPSA) is 117 Å². The summed E-state index contributed by atoms with van der Waals surface area (Å²) in [5, 5.41) is 11.9. The van der Waals surface area contributed by atoms with Crippen LogP contribution < -0.4 is 10.7 Å². The van der Waals surface area contributed by atoms with Crippen LogP contribution in [0, 0.1) is 0 Å². The molecule has 0 bridgehead atoms. The van der Waals surface area contributed by atoms with Crippen molar-refractivity contribution in [1.29, 1.82) is 0 Å². The molecule has 1 aromatic carbocycles. The van der Waals surface area contributed by atoms with Crippen LogP contribution in [0.2, 0.25) is 0 Å². The van der Waals surface area contributed by atoms with Crippen LogP contribution in [0.15, 0.2) is 51.9 Å². The molecule has 1 amide bonds. The Hall–Kier alpha value is -2.65. The van der Waals surface area contributed by atoms with Crippen molar-refractivity contribution in [3.8, 4) is 5.75 Å². The van der Waals surface area contributed by atoms with Gasteiger partial charge in [0.25, 0.3) is 0 Å². The Bertz CT molecular complexity index is 957. The maximum atomic E-state index is 12.9. The molecule has 27 heavy (non-hydrogen) atoms. The second-order valence-corrected chi connectivity index (χ2v) is 8.62. The fraction of sp³-hybridized carbons (Fsp3) is 0.333. The van der Waals surface area contributed by atoms with Crippen LogP contribution in [-0.4, -0.2) is 48.9 Å². The summed E-state index contributed by atoms with van der Waals surface area (Å²) in [6, 6.07) is 9.56. The number of aromatic hydroxyl groups is 1. The molecule has 8 nitrogen and oxygen atoms in total. The molecule has 1 aliphatic rings. The Labute approximate surface area is 156 Å². The van der Waals surface area contributed by atoms with Gasteiger partial charge in [0.05, 0.1) is 18.1 Å². The Balaban J connectivity index is 1.76. The smallest absolute Gasteiger partial charge is 0.242 e. The first kappa shape index (κ1) is 19.1. The molecule has 0 spiro atoms. The van der Waals surface area contributed by atoms with Gasteiger partial charge in [-0.05, 0) is 5.56 Å². The van der Waals surface area contributed by atoms with E-state index in [1.54, 1.807) is 0 Å². The third kappa shape index (κ3) is 4.75. The van der Waals surface area contributed by atoms with E-state index in [4.69, 9.17) is 4.42 Å². The van der Waals surface area contributed by atoms with Crippen molar-refractivity contribution >= 4 is 15.7 Å². The van der Waals surface area contributed by atoms with E-state index in [-0.39, 0.29) is 42.8 Å². The Morgan fingerprint density at radius 3 is 2.52 bits per heavy atom. The number of hydrogen-bond acceptors (Lipinski definition) is 7. The number of nitrogens with one attached hydrogen (secondary N) is 1. The van der Waals surface area contributed by atoms with Crippen LogP contribution in [0.25, 0.3) is 0 Å². The van der Waals surface area contributed by atoms with Gasteiger partial charge < -0.3 is 14.8 Å². The average molecular weight is 392 g/mol. The third-order valence-corrected chi connectivity index (χ3v) is 6.02. The molecule has 1 saturated heterocycles. The minimum atomic E-state index is -3.07. The zero-order valence-corrected chi connectivity index (χ0v) is 15.3. The third-order valence-electron chi connectivity index (χ3n) is 4.41. The predicted molar refractivity (Wildman–Crippen MR) is 97.9 cm³/mol. The molecule has 144 valence electrons. The van der Waals surface area contributed by atoms with E-state index in [0.29, 0.717) is 0 Å². The van der Waals surface area contributed by atoms with Crippen molar-refractivity contribution in [2.45, 2.75) is 12.6 Å². The highest BCUT2D eigenvalue weighted by Crippen LogP contribution is 2.23. The minimum absolute atomic E-state index is 0.0104. The molecule has 2 heterocycles. The van der Waals surface area contributed by atoms with Crippen LogP contribution in [0.1, 0.15) is 17.4 Å². The first-order valence-electron chi connectivity index (χ1n) is 8.43. The molecular formula is C18H20N2O6S. The number of carbonyl (C=O) groups excluding carboxylic acids is 1. The molecular weight excluding hydrogens is 372 g/mol. The molecule has 1 aromatic heterocycles. The van der Waals surface area contributed by atoms with Gasteiger partial charge in [-0.3, -0.25) is 14.5 Å². The summed E-state index contributed by atoms with van der Waals surface area (Å²) in [4.78, 5) is 26.2. The first-order chi connectivity index (χ1) is 12.9. The highest BCUT2D eigenvalue weighted by Gasteiger charge is 2.32. The fourth-order valence-corrected chi connectivity index (χ4v) is 4.18. The lowest BCUT2D eigenvalue weighted by atomic mass is 10.0. The van der Waals surface area contributed by atoms with Gasteiger partial charge in [-0.15, -0.1) is 0 Å². The summed E-state index contributed by atoms with van der Waals surface area (Å²) in [6.07, 6.45) is 0.925. The zero-order chi connectivity index (χ0) is 19.4. The number of amides is 1. The average Bonchev–Trinajstić information content (AvgIpc) is 2.65. The summed E-state index contributed by atoms with van der Waals surface area (Å²) in [5.41, 5.74) is 0.160. The van der Waals surface area contributed by atoms with Crippen molar-refractivity contribution < 1.29 is 22.7 Å². The molecule has 0 saturated carbocycles. The van der Waals surface area contributed by atoms with E-state index in [0.717, 1.165) is 17.9 Å². The van der Waals surface area contributed by atoms with Crippen molar-refractivity contribution in [2.75, 3.05) is 24.6 Å². The SMILES string of the molecule is O=C(NCc1cc(=O)c(O)co1)C(c1ccccc1)N1CCS(=O)(=O)CC1. The fourth-order valence-electron chi connectivity index (χ4n) is 2.96. The van der Waals surface area contributed by atoms with Gasteiger partial charge in [-0.1, -0.05) is 30.3 Å². The minimum Gasteiger partial charge on any atom is -0.502 e. The lowest BCUT2D eigenvalue weighted by molar-refractivity contribution is -0.127. The first-order valence-corrected chi connectivity index (χ1v) is 10.3. The van der Waals surface area contributed by atoms with E-state index in [1.807, 2.05) is 35.2 Å². The summed E-state index contributed by atoms with van der Waals surface area (Å²) >= 11 is 0. The Morgan fingerprint density at radius 1 is 1.22 bits per heavy atom. The number of carbonyl (C=O) groups is 1. The Kier molecular flexibility index (Phi) is 5.62. The normalized spacial score (nSPS) is 17.9. The predicted octanol–water partition coefficient (Wildman–Crippen LogP) is 0.433. The quantitative estimate of drug-likeness (QED) is 0.758. The summed E-state index contributed by atoms with van der Waals surface area (Å²) in [6.45, 7) is 0.511. The largest absolute Gasteiger partial charge is 0.502 e. The van der Waals surface area contributed by atoms with Crippen LogP contribution >= 0.6 is 0 Å². The second kappa shape index (κ2) is 7.93. The molecule has 0 aliphatic carbocycles.